The minimum Gasteiger partial charge on any atom is -0.369 e. The maximum Gasteiger partial charge on any atom is 0.227 e. The molecule has 0 unspecified atom stereocenters. The molecule has 1 amide bonds. The highest BCUT2D eigenvalue weighted by atomic mass is 32.2. The number of amides is 1. The number of aryl methyl sites for hydroxylation is 1. The van der Waals surface area contributed by atoms with Gasteiger partial charge < -0.3 is 5.73 Å². The maximum absolute atomic E-state index is 12.9. The Kier molecular flexibility index (Phi) is 4.22. The Morgan fingerprint density at radius 2 is 1.79 bits per heavy atom. The molecule has 0 aliphatic carbocycles. The molecule has 4 heteroatoms. The molecule has 0 bridgehead atoms. The molecule has 0 aliphatic heterocycles. The molecular weight excluding hydrogens is 261 g/mol. The van der Waals surface area contributed by atoms with Gasteiger partial charge in [-0.15, -0.1) is 11.8 Å². The van der Waals surface area contributed by atoms with E-state index in [-0.39, 0.29) is 17.5 Å². The van der Waals surface area contributed by atoms with Crippen LogP contribution in [0, 0.1) is 12.7 Å². The predicted molar refractivity (Wildman–Crippen MR) is 76.5 cm³/mol. The molecule has 0 aromatic heterocycles. The van der Waals surface area contributed by atoms with Crippen molar-refractivity contribution in [3.8, 4) is 11.1 Å². The van der Waals surface area contributed by atoms with Crippen molar-refractivity contribution in [2.45, 2.75) is 11.8 Å². The lowest BCUT2D eigenvalue weighted by Crippen LogP contribution is -2.13. The van der Waals surface area contributed by atoms with Crippen LogP contribution in [0.2, 0.25) is 0 Å². The van der Waals surface area contributed by atoms with Crippen LogP contribution < -0.4 is 5.73 Å². The van der Waals surface area contributed by atoms with Crippen molar-refractivity contribution in [3.63, 3.8) is 0 Å². The minimum atomic E-state index is -0.327. The van der Waals surface area contributed by atoms with Gasteiger partial charge in [-0.2, -0.15) is 0 Å². The van der Waals surface area contributed by atoms with Crippen molar-refractivity contribution >= 4 is 17.7 Å². The molecule has 98 valence electrons. The third kappa shape index (κ3) is 3.58. The summed E-state index contributed by atoms with van der Waals surface area (Å²) in [4.78, 5) is 11.8. The average Bonchev–Trinajstić information content (AvgIpc) is 2.38. The first kappa shape index (κ1) is 13.6. The van der Waals surface area contributed by atoms with Crippen molar-refractivity contribution in [3.05, 3.63) is 53.8 Å². The fraction of sp³-hybridized carbons (Fsp3) is 0.133. The second-order valence-electron chi connectivity index (χ2n) is 4.24. The first-order chi connectivity index (χ1) is 9.06. The predicted octanol–water partition coefficient (Wildman–Crippen LogP) is 3.38. The molecule has 0 aliphatic rings. The summed E-state index contributed by atoms with van der Waals surface area (Å²) < 4.78 is 12.9. The Morgan fingerprint density at radius 3 is 2.37 bits per heavy atom. The van der Waals surface area contributed by atoms with E-state index in [1.165, 1.54) is 23.9 Å². The highest BCUT2D eigenvalue weighted by molar-refractivity contribution is 8.00. The zero-order valence-corrected chi connectivity index (χ0v) is 11.3. The van der Waals surface area contributed by atoms with Gasteiger partial charge >= 0.3 is 0 Å². The number of thioether (sulfide) groups is 1. The Morgan fingerprint density at radius 1 is 1.16 bits per heavy atom. The van der Waals surface area contributed by atoms with Crippen LogP contribution in [0.5, 0.6) is 0 Å². The normalized spacial score (nSPS) is 10.4. The molecule has 2 aromatic carbocycles. The van der Waals surface area contributed by atoms with Gasteiger partial charge in [0.15, 0.2) is 0 Å². The lowest BCUT2D eigenvalue weighted by molar-refractivity contribution is -0.115. The number of halogens is 1. The van der Waals surface area contributed by atoms with Gasteiger partial charge in [0.05, 0.1) is 5.75 Å². The lowest BCUT2D eigenvalue weighted by atomic mass is 10.0. The van der Waals surface area contributed by atoms with E-state index in [0.717, 1.165) is 21.6 Å². The first-order valence-electron chi connectivity index (χ1n) is 5.84. The van der Waals surface area contributed by atoms with E-state index >= 15 is 0 Å². The standard InChI is InChI=1S/C15H14FNOS/c1-10-8-12(11-2-5-13(16)6-3-11)4-7-14(10)19-9-15(17)18/h2-8H,9H2,1H3,(H2,17,18). The smallest absolute Gasteiger partial charge is 0.227 e. The fourth-order valence-electron chi connectivity index (χ4n) is 1.78. The van der Waals surface area contributed by atoms with E-state index in [4.69, 9.17) is 5.73 Å². The number of carbonyl (C=O) groups is 1. The van der Waals surface area contributed by atoms with E-state index in [0.29, 0.717) is 0 Å². The SMILES string of the molecule is Cc1cc(-c2ccc(F)cc2)ccc1SCC(N)=O. The Bertz CT molecular complexity index is 596. The van der Waals surface area contributed by atoms with Gasteiger partial charge in [-0.1, -0.05) is 24.3 Å². The van der Waals surface area contributed by atoms with Crippen LogP contribution in [0.25, 0.3) is 11.1 Å². The summed E-state index contributed by atoms with van der Waals surface area (Å²) in [5.41, 5.74) is 8.20. The molecule has 2 rings (SSSR count). The van der Waals surface area contributed by atoms with E-state index in [9.17, 15) is 9.18 Å². The first-order valence-corrected chi connectivity index (χ1v) is 6.82. The third-order valence-corrected chi connectivity index (χ3v) is 3.92. The van der Waals surface area contributed by atoms with Gasteiger partial charge in [-0.3, -0.25) is 4.79 Å². The summed E-state index contributed by atoms with van der Waals surface area (Å²) in [5, 5.41) is 0. The number of hydrogen-bond donors (Lipinski definition) is 1. The molecule has 19 heavy (non-hydrogen) atoms. The molecule has 0 atom stereocenters. The number of nitrogens with two attached hydrogens (primary N) is 1. The van der Waals surface area contributed by atoms with Crippen molar-refractivity contribution in [2.75, 3.05) is 5.75 Å². The molecule has 0 spiro atoms. The van der Waals surface area contributed by atoms with Crippen molar-refractivity contribution < 1.29 is 9.18 Å². The highest BCUT2D eigenvalue weighted by Gasteiger charge is 2.04. The number of benzene rings is 2. The summed E-state index contributed by atoms with van der Waals surface area (Å²) in [6.45, 7) is 1.98. The molecule has 0 heterocycles. The molecule has 0 radical (unpaired) electrons. The van der Waals surface area contributed by atoms with Crippen LogP contribution in [0.1, 0.15) is 5.56 Å². The Balaban J connectivity index is 2.23. The van der Waals surface area contributed by atoms with E-state index in [2.05, 4.69) is 0 Å². The Hall–Kier alpha value is -1.81. The van der Waals surface area contributed by atoms with Crippen molar-refractivity contribution in [2.24, 2.45) is 5.73 Å². The molecule has 0 fully saturated rings. The van der Waals surface area contributed by atoms with Gasteiger partial charge in [0.2, 0.25) is 5.91 Å². The van der Waals surface area contributed by atoms with Crippen LogP contribution in [0.15, 0.2) is 47.4 Å². The van der Waals surface area contributed by atoms with Gasteiger partial charge in [0, 0.05) is 4.90 Å². The van der Waals surface area contributed by atoms with Gasteiger partial charge in [0.1, 0.15) is 5.82 Å². The quantitative estimate of drug-likeness (QED) is 0.869. The summed E-state index contributed by atoms with van der Waals surface area (Å²) in [7, 11) is 0. The minimum absolute atomic E-state index is 0.242. The topological polar surface area (TPSA) is 43.1 Å². The van der Waals surface area contributed by atoms with Crippen LogP contribution in [0.4, 0.5) is 4.39 Å². The third-order valence-electron chi connectivity index (χ3n) is 2.72. The van der Waals surface area contributed by atoms with Crippen LogP contribution >= 0.6 is 11.8 Å². The number of hydrogen-bond acceptors (Lipinski definition) is 2. The maximum atomic E-state index is 12.9. The highest BCUT2D eigenvalue weighted by Crippen LogP contribution is 2.27. The van der Waals surface area contributed by atoms with Gasteiger partial charge in [0.25, 0.3) is 0 Å². The summed E-state index contributed by atoms with van der Waals surface area (Å²) >= 11 is 1.43. The van der Waals surface area contributed by atoms with E-state index < -0.39 is 0 Å². The van der Waals surface area contributed by atoms with Crippen LogP contribution in [-0.2, 0) is 4.79 Å². The van der Waals surface area contributed by atoms with Crippen molar-refractivity contribution in [1.29, 1.82) is 0 Å². The van der Waals surface area contributed by atoms with Gasteiger partial charge in [-0.25, -0.2) is 4.39 Å². The van der Waals surface area contributed by atoms with E-state index in [1.54, 1.807) is 12.1 Å². The van der Waals surface area contributed by atoms with Crippen molar-refractivity contribution in [1.82, 2.24) is 0 Å². The zero-order chi connectivity index (χ0) is 13.8. The second kappa shape index (κ2) is 5.89. The second-order valence-corrected chi connectivity index (χ2v) is 5.26. The summed E-state index contributed by atoms with van der Waals surface area (Å²) in [6.07, 6.45) is 0. The molecule has 2 N–H and O–H groups in total. The number of rotatable bonds is 4. The summed E-state index contributed by atoms with van der Waals surface area (Å²) in [5.74, 6) is -0.294. The van der Waals surface area contributed by atoms with Crippen LogP contribution in [0.3, 0.4) is 0 Å². The average molecular weight is 275 g/mol. The van der Waals surface area contributed by atoms with Crippen LogP contribution in [-0.4, -0.2) is 11.7 Å². The number of carbonyl (C=O) groups excluding carboxylic acids is 1. The zero-order valence-electron chi connectivity index (χ0n) is 10.5. The largest absolute Gasteiger partial charge is 0.369 e. The number of primary amides is 1. The Labute approximate surface area is 115 Å². The van der Waals surface area contributed by atoms with Gasteiger partial charge in [-0.05, 0) is 41.8 Å². The molecular formula is C15H14FNOS. The molecule has 0 saturated carbocycles. The molecule has 2 aromatic rings. The lowest BCUT2D eigenvalue weighted by Gasteiger charge is -2.08. The fourth-order valence-corrected chi connectivity index (χ4v) is 2.53. The summed E-state index contributed by atoms with van der Waals surface area (Å²) in [6, 6.07) is 12.3. The monoisotopic (exact) mass is 275 g/mol. The molecule has 2 nitrogen and oxygen atoms in total. The molecule has 0 saturated heterocycles. The van der Waals surface area contributed by atoms with E-state index in [1.807, 2.05) is 25.1 Å².